The molecule has 1 aromatic heterocycles. The molecular formula is C17H17Cl2NO6. The number of benzene rings is 1. The summed E-state index contributed by atoms with van der Waals surface area (Å²) in [4.78, 5) is 27.5. The summed E-state index contributed by atoms with van der Waals surface area (Å²) in [5, 5.41) is 0.225. The number of pyridine rings is 1. The van der Waals surface area contributed by atoms with Gasteiger partial charge in [0.2, 0.25) is 5.43 Å². The van der Waals surface area contributed by atoms with E-state index in [0.717, 1.165) is 0 Å². The second kappa shape index (κ2) is 7.73. The van der Waals surface area contributed by atoms with Crippen molar-refractivity contribution in [3.8, 4) is 11.5 Å². The van der Waals surface area contributed by atoms with Gasteiger partial charge in [-0.2, -0.15) is 0 Å². The topological polar surface area (TPSA) is 86.9 Å². The first-order valence-electron chi connectivity index (χ1n) is 8.10. The van der Waals surface area contributed by atoms with Crippen molar-refractivity contribution in [3.63, 3.8) is 0 Å². The molecular weight excluding hydrogens is 385 g/mol. The number of esters is 1. The highest BCUT2D eigenvalue weighted by Crippen LogP contribution is 2.47. The maximum atomic E-state index is 12.7. The Morgan fingerprint density at radius 3 is 2.73 bits per heavy atom. The lowest BCUT2D eigenvalue weighted by Crippen LogP contribution is -2.34. The molecule has 3 rings (SSSR count). The van der Waals surface area contributed by atoms with Gasteiger partial charge in [0.15, 0.2) is 17.6 Å². The van der Waals surface area contributed by atoms with Crippen molar-refractivity contribution in [2.45, 2.75) is 20.0 Å². The molecule has 1 unspecified atom stereocenters. The minimum atomic E-state index is -0.741. The SMILES string of the molecule is CCOCC1COc2c(c(Cl)c3[nH]cc(C(=O)OCC)c(=O)c3c2Cl)O1. The normalized spacial score (nSPS) is 15.9. The first kappa shape index (κ1) is 18.8. The van der Waals surface area contributed by atoms with Crippen LogP contribution in [-0.2, 0) is 9.47 Å². The van der Waals surface area contributed by atoms with E-state index in [1.165, 1.54) is 6.20 Å². The van der Waals surface area contributed by atoms with E-state index in [1.807, 2.05) is 6.92 Å². The molecule has 1 N–H and O–H groups in total. The average Bonchev–Trinajstić information content (AvgIpc) is 2.64. The van der Waals surface area contributed by atoms with Gasteiger partial charge in [-0.15, -0.1) is 0 Å². The molecule has 1 atom stereocenters. The second-order valence-electron chi connectivity index (χ2n) is 5.50. The van der Waals surface area contributed by atoms with Crippen LogP contribution in [0.15, 0.2) is 11.0 Å². The van der Waals surface area contributed by atoms with E-state index >= 15 is 0 Å². The zero-order valence-electron chi connectivity index (χ0n) is 14.2. The van der Waals surface area contributed by atoms with Crippen LogP contribution in [0.1, 0.15) is 24.2 Å². The zero-order valence-corrected chi connectivity index (χ0v) is 15.7. The molecule has 1 aromatic carbocycles. The van der Waals surface area contributed by atoms with Crippen LogP contribution in [0.3, 0.4) is 0 Å². The highest BCUT2D eigenvalue weighted by Gasteiger charge is 2.30. The predicted octanol–water partition coefficient (Wildman–Crippen LogP) is 3.19. The van der Waals surface area contributed by atoms with Crippen LogP contribution in [0.2, 0.25) is 10.0 Å². The molecule has 0 spiro atoms. The van der Waals surface area contributed by atoms with Crippen LogP contribution < -0.4 is 14.9 Å². The Labute approximate surface area is 159 Å². The van der Waals surface area contributed by atoms with E-state index < -0.39 is 11.4 Å². The molecule has 0 saturated heterocycles. The van der Waals surface area contributed by atoms with Gasteiger partial charge in [-0.1, -0.05) is 23.2 Å². The van der Waals surface area contributed by atoms with Crippen molar-refractivity contribution < 1.29 is 23.7 Å². The van der Waals surface area contributed by atoms with Crippen LogP contribution in [0.25, 0.3) is 10.9 Å². The molecule has 140 valence electrons. The number of aromatic amines is 1. The highest BCUT2D eigenvalue weighted by molar-refractivity contribution is 6.42. The first-order chi connectivity index (χ1) is 12.5. The summed E-state index contributed by atoms with van der Waals surface area (Å²) in [5.74, 6) is -0.336. The van der Waals surface area contributed by atoms with Crippen molar-refractivity contribution in [3.05, 3.63) is 32.0 Å². The summed E-state index contributed by atoms with van der Waals surface area (Å²) >= 11 is 12.8. The molecule has 9 heteroatoms. The monoisotopic (exact) mass is 401 g/mol. The van der Waals surface area contributed by atoms with E-state index in [-0.39, 0.29) is 57.3 Å². The molecule has 26 heavy (non-hydrogen) atoms. The number of fused-ring (bicyclic) bond motifs is 2. The molecule has 0 aliphatic carbocycles. The minimum absolute atomic E-state index is 0.0293. The van der Waals surface area contributed by atoms with Crippen LogP contribution in [0.4, 0.5) is 0 Å². The quantitative estimate of drug-likeness (QED) is 0.774. The van der Waals surface area contributed by atoms with Gasteiger partial charge in [0.1, 0.15) is 17.2 Å². The summed E-state index contributed by atoms with van der Waals surface area (Å²) in [7, 11) is 0. The van der Waals surface area contributed by atoms with Gasteiger partial charge in [-0.25, -0.2) is 4.79 Å². The van der Waals surface area contributed by atoms with Gasteiger partial charge in [-0.05, 0) is 13.8 Å². The number of hydrogen-bond donors (Lipinski definition) is 1. The van der Waals surface area contributed by atoms with Gasteiger partial charge in [0, 0.05) is 12.8 Å². The van der Waals surface area contributed by atoms with Crippen LogP contribution in [-0.4, -0.2) is 43.5 Å². The fourth-order valence-electron chi connectivity index (χ4n) is 2.64. The Hall–Kier alpha value is -1.96. The van der Waals surface area contributed by atoms with Crippen LogP contribution >= 0.6 is 23.2 Å². The number of aromatic nitrogens is 1. The van der Waals surface area contributed by atoms with Crippen LogP contribution in [0.5, 0.6) is 11.5 Å². The molecule has 1 aliphatic rings. The lowest BCUT2D eigenvalue weighted by molar-refractivity contribution is 0.0130. The molecule has 0 saturated carbocycles. The van der Waals surface area contributed by atoms with Gasteiger partial charge in [0.25, 0.3) is 0 Å². The van der Waals surface area contributed by atoms with Crippen molar-refractivity contribution in [2.75, 3.05) is 26.4 Å². The summed E-state index contributed by atoms with van der Waals surface area (Å²) in [6.07, 6.45) is 0.900. The van der Waals surface area contributed by atoms with Crippen molar-refractivity contribution >= 4 is 40.1 Å². The number of ether oxygens (including phenoxy) is 4. The maximum absolute atomic E-state index is 12.7. The Morgan fingerprint density at radius 1 is 1.27 bits per heavy atom. The molecule has 0 radical (unpaired) electrons. The average molecular weight is 402 g/mol. The molecule has 0 fully saturated rings. The third-order valence-corrected chi connectivity index (χ3v) is 4.55. The van der Waals surface area contributed by atoms with E-state index in [2.05, 4.69) is 4.98 Å². The van der Waals surface area contributed by atoms with E-state index in [0.29, 0.717) is 13.2 Å². The molecule has 0 amide bonds. The number of rotatable bonds is 5. The van der Waals surface area contributed by atoms with Gasteiger partial charge >= 0.3 is 5.97 Å². The van der Waals surface area contributed by atoms with Gasteiger partial charge in [0.05, 0.1) is 29.1 Å². The highest BCUT2D eigenvalue weighted by atomic mass is 35.5. The number of nitrogens with one attached hydrogen (secondary N) is 1. The Kier molecular flexibility index (Phi) is 5.60. The second-order valence-corrected chi connectivity index (χ2v) is 6.25. The molecule has 0 bridgehead atoms. The third kappa shape index (κ3) is 3.22. The first-order valence-corrected chi connectivity index (χ1v) is 8.85. The number of H-pyrrole nitrogens is 1. The number of hydrogen-bond acceptors (Lipinski definition) is 6. The Bertz CT molecular complexity index is 910. The lowest BCUT2D eigenvalue weighted by Gasteiger charge is -2.28. The Morgan fingerprint density at radius 2 is 2.04 bits per heavy atom. The predicted molar refractivity (Wildman–Crippen MR) is 96.9 cm³/mol. The van der Waals surface area contributed by atoms with E-state index in [9.17, 15) is 9.59 Å². The smallest absolute Gasteiger partial charge is 0.343 e. The summed E-state index contributed by atoms with van der Waals surface area (Å²) in [5.41, 5.74) is -0.496. The van der Waals surface area contributed by atoms with Crippen molar-refractivity contribution in [2.24, 2.45) is 0 Å². The number of carbonyl (C=O) groups is 1. The largest absolute Gasteiger partial charge is 0.484 e. The minimum Gasteiger partial charge on any atom is -0.484 e. The summed E-state index contributed by atoms with van der Waals surface area (Å²) < 4.78 is 21.7. The third-order valence-electron chi connectivity index (χ3n) is 3.83. The van der Waals surface area contributed by atoms with Crippen molar-refractivity contribution in [1.82, 2.24) is 4.98 Å². The fourth-order valence-corrected chi connectivity index (χ4v) is 3.24. The standard InChI is InChI=1S/C17H17Cl2NO6/c1-3-23-6-8-7-25-15-11(18)10-13(12(19)16(15)26-8)20-5-9(14(10)21)17(22)24-4-2/h5,8H,3-4,6-7H2,1-2H3,(H,20,21). The molecule has 2 heterocycles. The van der Waals surface area contributed by atoms with Gasteiger partial charge < -0.3 is 23.9 Å². The fraction of sp³-hybridized carbons (Fsp3) is 0.412. The molecule has 1 aliphatic heterocycles. The number of halogens is 2. The molecule has 7 nitrogen and oxygen atoms in total. The zero-order chi connectivity index (χ0) is 18.8. The van der Waals surface area contributed by atoms with Crippen molar-refractivity contribution in [1.29, 1.82) is 0 Å². The maximum Gasteiger partial charge on any atom is 0.343 e. The Balaban J connectivity index is 2.12. The van der Waals surface area contributed by atoms with E-state index in [1.54, 1.807) is 6.92 Å². The lowest BCUT2D eigenvalue weighted by atomic mass is 10.1. The van der Waals surface area contributed by atoms with E-state index in [4.69, 9.17) is 42.1 Å². The van der Waals surface area contributed by atoms with Gasteiger partial charge in [-0.3, -0.25) is 4.79 Å². The van der Waals surface area contributed by atoms with Crippen LogP contribution in [0, 0.1) is 0 Å². The summed E-state index contributed by atoms with van der Waals surface area (Å²) in [6, 6.07) is 0. The summed E-state index contributed by atoms with van der Waals surface area (Å²) in [6.45, 7) is 4.75. The number of carbonyl (C=O) groups excluding carboxylic acids is 1. The molecule has 2 aromatic rings.